The van der Waals surface area contributed by atoms with Gasteiger partial charge in [0.2, 0.25) is 0 Å². The maximum absolute atomic E-state index is 12.3. The topological polar surface area (TPSA) is 85.8 Å². The minimum Gasteiger partial charge on any atom is -0.355 e. The van der Waals surface area contributed by atoms with Gasteiger partial charge in [0, 0.05) is 11.6 Å². The smallest absolute Gasteiger partial charge is 0.273 e. The van der Waals surface area contributed by atoms with E-state index in [9.17, 15) is 4.79 Å². The van der Waals surface area contributed by atoms with Crippen LogP contribution < -0.4 is 5.32 Å². The number of carbonyl (C=O) groups is 1. The van der Waals surface area contributed by atoms with Crippen molar-refractivity contribution in [2.45, 2.75) is 20.0 Å². The van der Waals surface area contributed by atoms with Gasteiger partial charge in [0.15, 0.2) is 11.5 Å². The Morgan fingerprint density at radius 3 is 2.68 bits per heavy atom. The highest BCUT2D eigenvalue weighted by Gasteiger charge is 2.14. The Labute approximate surface area is 162 Å². The molecule has 7 nitrogen and oxygen atoms in total. The van der Waals surface area contributed by atoms with Gasteiger partial charge in [0.25, 0.3) is 5.91 Å². The number of carbonyl (C=O) groups excluding carboxylic acids is 1. The van der Waals surface area contributed by atoms with Gasteiger partial charge in [-0.1, -0.05) is 70.5 Å². The first-order chi connectivity index (χ1) is 13.7. The second kappa shape index (κ2) is 7.87. The lowest BCUT2D eigenvalue weighted by Crippen LogP contribution is -2.23. The largest absolute Gasteiger partial charge is 0.355 e. The molecule has 0 aliphatic heterocycles. The number of hydrogen-bond donors (Lipinski definition) is 1. The van der Waals surface area contributed by atoms with E-state index in [4.69, 9.17) is 4.52 Å². The zero-order chi connectivity index (χ0) is 19.3. The minimum atomic E-state index is -0.320. The molecule has 2 aromatic heterocycles. The van der Waals surface area contributed by atoms with Crippen molar-refractivity contribution in [3.63, 3.8) is 0 Å². The molecule has 4 rings (SSSR count). The molecule has 7 heteroatoms. The molecule has 0 aliphatic carbocycles. The van der Waals surface area contributed by atoms with E-state index in [2.05, 4.69) is 52.0 Å². The minimum absolute atomic E-state index is 0.228. The third-order valence-corrected chi connectivity index (χ3v) is 4.28. The van der Waals surface area contributed by atoms with Crippen molar-refractivity contribution in [2.24, 2.45) is 0 Å². The van der Waals surface area contributed by atoms with Gasteiger partial charge < -0.3 is 9.84 Å². The summed E-state index contributed by atoms with van der Waals surface area (Å²) in [5.74, 6) is 0.230. The zero-order valence-electron chi connectivity index (χ0n) is 15.4. The quantitative estimate of drug-likeness (QED) is 0.561. The normalized spacial score (nSPS) is 10.8. The maximum atomic E-state index is 12.3. The van der Waals surface area contributed by atoms with Gasteiger partial charge in [-0.15, -0.1) is 5.10 Å². The zero-order valence-corrected chi connectivity index (χ0v) is 15.4. The highest BCUT2D eigenvalue weighted by Crippen LogP contribution is 2.19. The molecule has 0 aliphatic rings. The average molecular weight is 373 g/mol. The number of aryl methyl sites for hydroxylation is 1. The molecule has 2 heterocycles. The van der Waals surface area contributed by atoms with Gasteiger partial charge in [-0.05, 0) is 12.5 Å². The van der Waals surface area contributed by atoms with Gasteiger partial charge in [0.05, 0.1) is 19.3 Å². The van der Waals surface area contributed by atoms with Crippen LogP contribution in [0.4, 0.5) is 0 Å². The first-order valence-electron chi connectivity index (χ1n) is 8.92. The highest BCUT2D eigenvalue weighted by atomic mass is 16.5. The summed E-state index contributed by atoms with van der Waals surface area (Å²) < 4.78 is 7.01. The van der Waals surface area contributed by atoms with Crippen molar-refractivity contribution in [1.82, 2.24) is 25.5 Å². The number of nitrogens with zero attached hydrogens (tertiary/aromatic N) is 4. The summed E-state index contributed by atoms with van der Waals surface area (Å²) in [6.45, 7) is 2.95. The van der Waals surface area contributed by atoms with Crippen LogP contribution in [0.3, 0.4) is 0 Å². The molecule has 2 aromatic carbocycles. The lowest BCUT2D eigenvalue weighted by Gasteiger charge is -2.01. The average Bonchev–Trinajstić information content (AvgIpc) is 3.38. The lowest BCUT2D eigenvalue weighted by atomic mass is 10.1. The third-order valence-electron chi connectivity index (χ3n) is 4.28. The van der Waals surface area contributed by atoms with Crippen molar-refractivity contribution in [2.75, 3.05) is 0 Å². The maximum Gasteiger partial charge on any atom is 0.273 e. The Morgan fingerprint density at radius 2 is 1.89 bits per heavy atom. The predicted octanol–water partition coefficient (Wildman–Crippen LogP) is 3.22. The van der Waals surface area contributed by atoms with Crippen molar-refractivity contribution < 1.29 is 9.32 Å². The first-order valence-corrected chi connectivity index (χ1v) is 8.92. The van der Waals surface area contributed by atoms with E-state index >= 15 is 0 Å². The number of rotatable bonds is 6. The van der Waals surface area contributed by atoms with Gasteiger partial charge in [-0.3, -0.25) is 4.79 Å². The van der Waals surface area contributed by atoms with E-state index in [1.165, 1.54) is 5.56 Å². The number of aromatic nitrogens is 4. The Morgan fingerprint density at radius 1 is 1.11 bits per heavy atom. The summed E-state index contributed by atoms with van der Waals surface area (Å²) in [7, 11) is 0. The third kappa shape index (κ3) is 4.15. The SMILES string of the molecule is Cc1ccc(Cn2cc(CNC(=O)c3cc(-c4ccccc4)on3)nn2)cc1. The van der Waals surface area contributed by atoms with Gasteiger partial charge >= 0.3 is 0 Å². The number of benzene rings is 2. The summed E-state index contributed by atoms with van der Waals surface area (Å²) in [6, 6.07) is 19.4. The molecule has 28 heavy (non-hydrogen) atoms. The number of nitrogens with one attached hydrogen (secondary N) is 1. The van der Waals surface area contributed by atoms with Crippen LogP contribution in [-0.2, 0) is 13.1 Å². The van der Waals surface area contributed by atoms with Crippen LogP contribution in [0.15, 0.2) is 71.4 Å². The fraction of sp³-hybridized carbons (Fsp3) is 0.143. The summed E-state index contributed by atoms with van der Waals surface area (Å²) in [6.07, 6.45) is 1.82. The fourth-order valence-corrected chi connectivity index (χ4v) is 2.76. The number of amides is 1. The van der Waals surface area contributed by atoms with Crippen LogP contribution in [0, 0.1) is 6.92 Å². The highest BCUT2D eigenvalue weighted by molar-refractivity contribution is 5.93. The van der Waals surface area contributed by atoms with Crippen molar-refractivity contribution in [3.05, 3.63) is 89.4 Å². The summed E-state index contributed by atoms with van der Waals surface area (Å²) in [4.78, 5) is 12.3. The Balaban J connectivity index is 1.34. The van der Waals surface area contributed by atoms with Crippen LogP contribution in [0.5, 0.6) is 0 Å². The standard InChI is InChI=1S/C21H19N5O2/c1-15-7-9-16(10-8-15)13-26-14-18(23-25-26)12-22-21(27)19-11-20(28-24-19)17-5-3-2-4-6-17/h2-11,14H,12-13H2,1H3,(H,22,27). The van der Waals surface area contributed by atoms with Gasteiger partial charge in [-0.2, -0.15) is 0 Å². The Kier molecular flexibility index (Phi) is 4.97. The fourth-order valence-electron chi connectivity index (χ4n) is 2.76. The van der Waals surface area contributed by atoms with E-state index < -0.39 is 0 Å². The van der Waals surface area contributed by atoms with E-state index in [0.717, 1.165) is 11.1 Å². The van der Waals surface area contributed by atoms with E-state index in [-0.39, 0.29) is 18.1 Å². The first kappa shape index (κ1) is 17.7. The summed E-state index contributed by atoms with van der Waals surface area (Å²) in [5.41, 5.74) is 4.13. The van der Waals surface area contributed by atoms with Gasteiger partial charge in [-0.25, -0.2) is 4.68 Å². The molecule has 0 unspecified atom stereocenters. The molecule has 0 fully saturated rings. The van der Waals surface area contributed by atoms with Crippen LogP contribution in [0.25, 0.3) is 11.3 Å². The Bertz CT molecular complexity index is 1070. The molecule has 1 amide bonds. The van der Waals surface area contributed by atoms with Crippen molar-refractivity contribution in [3.8, 4) is 11.3 Å². The lowest BCUT2D eigenvalue weighted by molar-refractivity contribution is 0.0941. The molecular weight excluding hydrogens is 354 g/mol. The molecule has 4 aromatic rings. The Hall–Kier alpha value is -3.74. The molecule has 0 saturated carbocycles. The molecule has 0 atom stereocenters. The van der Waals surface area contributed by atoms with Crippen LogP contribution in [0.2, 0.25) is 0 Å². The second-order valence-electron chi connectivity index (χ2n) is 6.52. The molecule has 140 valence electrons. The van der Waals surface area contributed by atoms with Crippen LogP contribution in [-0.4, -0.2) is 26.1 Å². The van der Waals surface area contributed by atoms with E-state index in [0.29, 0.717) is 18.0 Å². The van der Waals surface area contributed by atoms with E-state index in [1.807, 2.05) is 36.5 Å². The van der Waals surface area contributed by atoms with Crippen LogP contribution in [0.1, 0.15) is 27.3 Å². The van der Waals surface area contributed by atoms with Crippen LogP contribution >= 0.6 is 0 Å². The molecule has 0 radical (unpaired) electrons. The molecule has 0 bridgehead atoms. The molecule has 1 N–H and O–H groups in total. The van der Waals surface area contributed by atoms with Crippen molar-refractivity contribution in [1.29, 1.82) is 0 Å². The number of hydrogen-bond acceptors (Lipinski definition) is 5. The predicted molar refractivity (Wildman–Crippen MR) is 103 cm³/mol. The van der Waals surface area contributed by atoms with Gasteiger partial charge in [0.1, 0.15) is 5.69 Å². The molecule has 0 saturated heterocycles. The monoisotopic (exact) mass is 373 g/mol. The van der Waals surface area contributed by atoms with E-state index in [1.54, 1.807) is 10.7 Å². The van der Waals surface area contributed by atoms with Crippen molar-refractivity contribution >= 4 is 5.91 Å². The summed E-state index contributed by atoms with van der Waals surface area (Å²) >= 11 is 0. The molecular formula is C21H19N5O2. The second-order valence-corrected chi connectivity index (χ2v) is 6.52. The summed E-state index contributed by atoms with van der Waals surface area (Å²) in [5, 5.41) is 14.8. The molecule has 0 spiro atoms.